The first-order valence-electron chi connectivity index (χ1n) is 9.88. The minimum atomic E-state index is -0.197. The third-order valence-corrected chi connectivity index (χ3v) is 6.30. The second-order valence-electron chi connectivity index (χ2n) is 7.56. The first-order valence-corrected chi connectivity index (χ1v) is 10.7. The van der Waals surface area contributed by atoms with Crippen LogP contribution in [0, 0.1) is 5.82 Å². The highest BCUT2D eigenvalue weighted by Gasteiger charge is 2.29. The van der Waals surface area contributed by atoms with Crippen LogP contribution >= 0.6 is 11.8 Å². The van der Waals surface area contributed by atoms with E-state index in [2.05, 4.69) is 35.9 Å². The van der Waals surface area contributed by atoms with Gasteiger partial charge in [0, 0.05) is 26.2 Å². The summed E-state index contributed by atoms with van der Waals surface area (Å²) in [5.74, 6) is 0.101. The maximum Gasteiger partial charge on any atom is 0.286 e. The monoisotopic (exact) mass is 409 g/mol. The predicted octanol–water partition coefficient (Wildman–Crippen LogP) is 4.74. The molecule has 0 aliphatic carbocycles. The Morgan fingerprint density at radius 2 is 1.66 bits per heavy atom. The van der Waals surface area contributed by atoms with Gasteiger partial charge in [-0.05, 0) is 47.0 Å². The molecule has 2 aliphatic heterocycles. The Kier molecular flexibility index (Phi) is 5.72. The lowest BCUT2D eigenvalue weighted by molar-refractivity contribution is -0.113. The van der Waals surface area contributed by atoms with E-state index in [9.17, 15) is 9.18 Å². The first-order chi connectivity index (χ1) is 14.0. The summed E-state index contributed by atoms with van der Waals surface area (Å²) in [6.45, 7) is 7.15. The van der Waals surface area contributed by atoms with Crippen LogP contribution in [0.2, 0.25) is 0 Å². The number of carbonyl (C=O) groups is 1. The molecule has 0 bridgehead atoms. The Balaban J connectivity index is 1.39. The molecule has 0 saturated carbocycles. The Bertz CT molecular complexity index is 960. The molecule has 0 radical (unpaired) electrons. The number of hydrogen-bond acceptors (Lipinski definition) is 4. The summed E-state index contributed by atoms with van der Waals surface area (Å²) < 4.78 is 14.0. The molecule has 0 unspecified atom stereocenters. The van der Waals surface area contributed by atoms with E-state index in [1.54, 1.807) is 6.07 Å². The maximum absolute atomic E-state index is 14.0. The maximum atomic E-state index is 14.0. The molecule has 29 heavy (non-hydrogen) atoms. The molecule has 1 amide bonds. The van der Waals surface area contributed by atoms with Crippen LogP contribution in [-0.4, -0.2) is 42.2 Å². The second-order valence-corrected chi connectivity index (χ2v) is 8.57. The number of halogens is 1. The van der Waals surface area contributed by atoms with Crippen LogP contribution in [0.4, 0.5) is 10.1 Å². The molecular weight excluding hydrogens is 385 g/mol. The molecule has 0 spiro atoms. The van der Waals surface area contributed by atoms with Crippen molar-refractivity contribution in [2.45, 2.75) is 19.8 Å². The quantitative estimate of drug-likeness (QED) is 0.686. The van der Waals surface area contributed by atoms with Crippen LogP contribution in [0.3, 0.4) is 0 Å². The van der Waals surface area contributed by atoms with Gasteiger partial charge >= 0.3 is 0 Å². The number of piperazine rings is 1. The minimum Gasteiger partial charge on any atom is -0.366 e. The van der Waals surface area contributed by atoms with Gasteiger partial charge in [0.25, 0.3) is 5.91 Å². The SMILES string of the molecule is CC(C)c1ccc(/C=C2\SC(N3CCN(c4ccccc4F)CC3)=NC2=O)cc1. The number of aliphatic imine (C=N–C) groups is 1. The van der Waals surface area contributed by atoms with Crippen molar-refractivity contribution in [1.82, 2.24) is 4.90 Å². The van der Waals surface area contributed by atoms with Crippen molar-refractivity contribution < 1.29 is 9.18 Å². The van der Waals surface area contributed by atoms with Crippen LogP contribution in [0.15, 0.2) is 58.4 Å². The van der Waals surface area contributed by atoms with Gasteiger partial charge in [0.2, 0.25) is 0 Å². The summed E-state index contributed by atoms with van der Waals surface area (Å²) >= 11 is 1.43. The lowest BCUT2D eigenvalue weighted by Gasteiger charge is -2.36. The molecule has 1 fully saturated rings. The molecule has 6 heteroatoms. The highest BCUT2D eigenvalue weighted by molar-refractivity contribution is 8.18. The highest BCUT2D eigenvalue weighted by atomic mass is 32.2. The van der Waals surface area contributed by atoms with Crippen LogP contribution in [-0.2, 0) is 4.79 Å². The van der Waals surface area contributed by atoms with Crippen molar-refractivity contribution in [2.24, 2.45) is 4.99 Å². The number of amides is 1. The van der Waals surface area contributed by atoms with Crippen LogP contribution in [0.25, 0.3) is 6.08 Å². The third-order valence-electron chi connectivity index (χ3n) is 5.25. The second kappa shape index (κ2) is 8.41. The average Bonchev–Trinajstić information content (AvgIpc) is 3.09. The number of amidine groups is 1. The van der Waals surface area contributed by atoms with Gasteiger partial charge in [0.1, 0.15) is 5.82 Å². The van der Waals surface area contributed by atoms with E-state index in [0.29, 0.717) is 42.7 Å². The van der Waals surface area contributed by atoms with Gasteiger partial charge < -0.3 is 9.80 Å². The van der Waals surface area contributed by atoms with Gasteiger partial charge in [-0.1, -0.05) is 50.2 Å². The molecule has 2 aromatic rings. The number of para-hydroxylation sites is 1. The van der Waals surface area contributed by atoms with Crippen molar-refractivity contribution >= 4 is 34.6 Å². The van der Waals surface area contributed by atoms with Crippen molar-refractivity contribution in [3.8, 4) is 0 Å². The minimum absolute atomic E-state index is 0.186. The van der Waals surface area contributed by atoms with Gasteiger partial charge in [0.15, 0.2) is 5.17 Å². The van der Waals surface area contributed by atoms with E-state index in [-0.39, 0.29) is 11.7 Å². The Hall–Kier alpha value is -2.60. The predicted molar refractivity (Wildman–Crippen MR) is 119 cm³/mol. The van der Waals surface area contributed by atoms with Crippen molar-refractivity contribution in [2.75, 3.05) is 31.1 Å². The fourth-order valence-electron chi connectivity index (χ4n) is 3.51. The Morgan fingerprint density at radius 3 is 2.31 bits per heavy atom. The van der Waals surface area contributed by atoms with Gasteiger partial charge in [0.05, 0.1) is 10.6 Å². The van der Waals surface area contributed by atoms with Gasteiger partial charge in [-0.15, -0.1) is 0 Å². The van der Waals surface area contributed by atoms with E-state index < -0.39 is 0 Å². The summed E-state index contributed by atoms with van der Waals surface area (Å²) in [7, 11) is 0. The first kappa shape index (κ1) is 19.7. The summed E-state index contributed by atoms with van der Waals surface area (Å²) in [5, 5.41) is 0.744. The number of nitrogens with zero attached hydrogens (tertiary/aromatic N) is 3. The molecule has 2 aromatic carbocycles. The van der Waals surface area contributed by atoms with Gasteiger partial charge in [-0.2, -0.15) is 4.99 Å². The summed E-state index contributed by atoms with van der Waals surface area (Å²) in [6.07, 6.45) is 1.91. The number of benzene rings is 2. The van der Waals surface area contributed by atoms with Crippen molar-refractivity contribution in [3.63, 3.8) is 0 Å². The molecule has 2 aliphatic rings. The smallest absolute Gasteiger partial charge is 0.286 e. The highest BCUT2D eigenvalue weighted by Crippen LogP contribution is 2.31. The molecule has 0 aromatic heterocycles. The molecule has 1 saturated heterocycles. The molecular formula is C23H24FN3OS. The van der Waals surface area contributed by atoms with Crippen LogP contribution in [0.1, 0.15) is 30.9 Å². The van der Waals surface area contributed by atoms with E-state index in [4.69, 9.17) is 0 Å². The Labute approximate surface area is 175 Å². The van der Waals surface area contributed by atoms with Crippen LogP contribution < -0.4 is 4.90 Å². The van der Waals surface area contributed by atoms with Gasteiger partial charge in [-0.25, -0.2) is 4.39 Å². The molecule has 2 heterocycles. The standard InChI is InChI=1S/C23H24FN3OS/c1-16(2)18-9-7-17(8-10-18)15-21-22(28)25-23(29-21)27-13-11-26(12-14-27)20-6-4-3-5-19(20)24/h3-10,15-16H,11-14H2,1-2H3/b21-15-. The summed E-state index contributed by atoms with van der Waals surface area (Å²) in [4.78, 5) is 21.4. The van der Waals surface area contributed by atoms with Crippen molar-refractivity contribution in [1.29, 1.82) is 0 Å². The van der Waals surface area contributed by atoms with Gasteiger partial charge in [-0.3, -0.25) is 4.79 Å². The van der Waals surface area contributed by atoms with E-state index in [0.717, 1.165) is 10.7 Å². The van der Waals surface area contributed by atoms with E-state index >= 15 is 0 Å². The van der Waals surface area contributed by atoms with Crippen LogP contribution in [0.5, 0.6) is 0 Å². The van der Waals surface area contributed by atoms with E-state index in [1.807, 2.05) is 35.2 Å². The Morgan fingerprint density at radius 1 is 1.00 bits per heavy atom. The number of rotatable bonds is 3. The number of carbonyl (C=O) groups excluding carboxylic acids is 1. The topological polar surface area (TPSA) is 35.9 Å². The number of thioether (sulfide) groups is 1. The normalized spacial score (nSPS) is 18.7. The van der Waals surface area contributed by atoms with E-state index in [1.165, 1.54) is 23.4 Å². The fraction of sp³-hybridized carbons (Fsp3) is 0.304. The fourth-order valence-corrected chi connectivity index (χ4v) is 4.47. The van der Waals surface area contributed by atoms with Crippen molar-refractivity contribution in [3.05, 3.63) is 70.4 Å². The molecule has 0 N–H and O–H groups in total. The number of hydrogen-bond donors (Lipinski definition) is 0. The average molecular weight is 410 g/mol. The summed E-state index contributed by atoms with van der Waals surface area (Å²) in [5.41, 5.74) is 2.92. The molecule has 4 nitrogen and oxygen atoms in total. The lowest BCUT2D eigenvalue weighted by atomic mass is 10.0. The zero-order valence-corrected chi connectivity index (χ0v) is 17.5. The number of anilines is 1. The molecule has 0 atom stereocenters. The zero-order chi connectivity index (χ0) is 20.4. The zero-order valence-electron chi connectivity index (χ0n) is 16.6. The third kappa shape index (κ3) is 4.37. The molecule has 4 rings (SSSR count). The molecule has 150 valence electrons. The lowest BCUT2D eigenvalue weighted by Crippen LogP contribution is -2.48. The summed E-state index contributed by atoms with van der Waals surface area (Å²) in [6, 6.07) is 15.1. The largest absolute Gasteiger partial charge is 0.366 e.